The zero-order valence-electron chi connectivity index (χ0n) is 15.4. The van der Waals surface area contributed by atoms with E-state index >= 15 is 0 Å². The Balaban J connectivity index is 2.15. The predicted octanol–water partition coefficient (Wildman–Crippen LogP) is 2.68. The van der Waals surface area contributed by atoms with E-state index in [4.69, 9.17) is 20.9 Å². The summed E-state index contributed by atoms with van der Waals surface area (Å²) in [6.07, 6.45) is 0.429. The van der Waals surface area contributed by atoms with E-state index in [2.05, 4.69) is 21.9 Å². The van der Waals surface area contributed by atoms with E-state index in [0.717, 1.165) is 0 Å². The first kappa shape index (κ1) is 19.6. The summed E-state index contributed by atoms with van der Waals surface area (Å²) < 4.78 is 10.3. The molecule has 0 fully saturated rings. The van der Waals surface area contributed by atoms with Gasteiger partial charge in [-0.1, -0.05) is 24.8 Å². The second kappa shape index (κ2) is 7.84. The lowest BCUT2D eigenvalue weighted by Gasteiger charge is -2.29. The van der Waals surface area contributed by atoms with Gasteiger partial charge in [0, 0.05) is 12.1 Å². The van der Waals surface area contributed by atoms with Crippen LogP contribution < -0.4 is 16.8 Å². The Hall–Kier alpha value is -4.15. The summed E-state index contributed by atoms with van der Waals surface area (Å²) in [4.78, 5) is 30.9. The fraction of sp³-hybridized carbons (Fsp3) is 0.167. The standard InChI is InChI=1S/C18H18N6O5/c1-3-7-28-18(25)29-14-9(2)21-16-13(15(19)22-17(20)23-16)12(14)10-5-4-6-11(8-10)24(26)27/h3-6,8,12H,1,7H2,2H3,(H5,19,20,21,22,23). The van der Waals surface area contributed by atoms with Gasteiger partial charge in [-0.15, -0.1) is 0 Å². The molecule has 2 heterocycles. The van der Waals surface area contributed by atoms with Crippen molar-refractivity contribution < 1.29 is 19.2 Å². The normalized spacial score (nSPS) is 15.1. The number of hydrogen-bond donors (Lipinski definition) is 3. The Morgan fingerprint density at radius 2 is 2.17 bits per heavy atom. The van der Waals surface area contributed by atoms with E-state index in [0.29, 0.717) is 22.6 Å². The monoisotopic (exact) mass is 398 g/mol. The van der Waals surface area contributed by atoms with Gasteiger partial charge in [0.05, 0.1) is 22.1 Å². The number of fused-ring (bicyclic) bond motifs is 1. The van der Waals surface area contributed by atoms with Gasteiger partial charge in [-0.2, -0.15) is 9.97 Å². The van der Waals surface area contributed by atoms with Crippen LogP contribution in [-0.4, -0.2) is 27.7 Å². The van der Waals surface area contributed by atoms with Crippen LogP contribution in [0.4, 0.5) is 28.1 Å². The third kappa shape index (κ3) is 3.93. The van der Waals surface area contributed by atoms with Gasteiger partial charge in [0.25, 0.3) is 5.69 Å². The highest BCUT2D eigenvalue weighted by molar-refractivity contribution is 5.71. The number of nitrogens with zero attached hydrogens (tertiary/aromatic N) is 3. The van der Waals surface area contributed by atoms with E-state index in [1.807, 2.05) is 0 Å². The number of non-ortho nitro benzene ring substituents is 1. The maximum absolute atomic E-state index is 12.1. The summed E-state index contributed by atoms with van der Waals surface area (Å²) in [6.45, 7) is 5.07. The number of carbonyl (C=O) groups is 1. The molecular weight excluding hydrogens is 380 g/mol. The summed E-state index contributed by atoms with van der Waals surface area (Å²) in [7, 11) is 0. The Kier molecular flexibility index (Phi) is 5.30. The summed E-state index contributed by atoms with van der Waals surface area (Å²) in [5, 5.41) is 14.2. The lowest BCUT2D eigenvalue weighted by Crippen LogP contribution is -2.25. The lowest BCUT2D eigenvalue weighted by atomic mass is 9.86. The van der Waals surface area contributed by atoms with E-state index in [1.165, 1.54) is 24.3 Å². The number of nitrogens with two attached hydrogens (primary N) is 2. The number of nitrogen functional groups attached to an aromatic ring is 2. The molecule has 0 saturated carbocycles. The molecule has 11 heteroatoms. The second-order valence-corrected chi connectivity index (χ2v) is 6.08. The van der Waals surface area contributed by atoms with Gasteiger partial charge in [0.15, 0.2) is 0 Å². The Labute approximate surface area is 165 Å². The van der Waals surface area contributed by atoms with Crippen molar-refractivity contribution in [3.05, 3.63) is 69.6 Å². The molecule has 150 valence electrons. The number of allylic oxidation sites excluding steroid dienone is 2. The number of ether oxygens (including phenoxy) is 2. The number of benzene rings is 1. The van der Waals surface area contributed by atoms with Crippen LogP contribution >= 0.6 is 0 Å². The minimum absolute atomic E-state index is 0.0432. The van der Waals surface area contributed by atoms with E-state index < -0.39 is 17.0 Å². The summed E-state index contributed by atoms with van der Waals surface area (Å²) in [5.41, 5.74) is 12.9. The van der Waals surface area contributed by atoms with Gasteiger partial charge >= 0.3 is 6.16 Å². The van der Waals surface area contributed by atoms with Crippen molar-refractivity contribution in [2.24, 2.45) is 0 Å². The number of aromatic nitrogens is 2. The van der Waals surface area contributed by atoms with Gasteiger partial charge < -0.3 is 26.3 Å². The number of hydrogen-bond acceptors (Lipinski definition) is 10. The maximum atomic E-state index is 12.1. The van der Waals surface area contributed by atoms with Crippen molar-refractivity contribution in [1.82, 2.24) is 9.97 Å². The molecule has 1 aromatic heterocycles. The summed E-state index contributed by atoms with van der Waals surface area (Å²) >= 11 is 0. The quantitative estimate of drug-likeness (QED) is 0.294. The highest BCUT2D eigenvalue weighted by atomic mass is 16.7. The maximum Gasteiger partial charge on any atom is 0.513 e. The van der Waals surface area contributed by atoms with Crippen LogP contribution in [0, 0.1) is 10.1 Å². The molecule has 3 rings (SSSR count). The zero-order valence-corrected chi connectivity index (χ0v) is 15.4. The van der Waals surface area contributed by atoms with Crippen molar-refractivity contribution in [1.29, 1.82) is 0 Å². The molecule has 2 aromatic rings. The fourth-order valence-electron chi connectivity index (χ4n) is 2.99. The average molecular weight is 398 g/mol. The van der Waals surface area contributed by atoms with Crippen LogP contribution in [0.3, 0.4) is 0 Å². The first-order chi connectivity index (χ1) is 13.8. The van der Waals surface area contributed by atoms with Crippen LogP contribution in [0.1, 0.15) is 24.0 Å². The van der Waals surface area contributed by atoms with E-state index in [1.54, 1.807) is 13.0 Å². The molecule has 29 heavy (non-hydrogen) atoms. The number of nitrogens with one attached hydrogen (secondary N) is 1. The minimum Gasteiger partial charge on any atom is -0.430 e. The highest BCUT2D eigenvalue weighted by Crippen LogP contribution is 2.44. The smallest absolute Gasteiger partial charge is 0.430 e. The molecule has 0 aliphatic carbocycles. The Morgan fingerprint density at radius 1 is 1.41 bits per heavy atom. The number of carbonyl (C=O) groups excluding carboxylic acids is 1. The molecule has 11 nitrogen and oxygen atoms in total. The molecule has 0 saturated heterocycles. The predicted molar refractivity (Wildman–Crippen MR) is 105 cm³/mol. The molecule has 1 aliphatic heterocycles. The Morgan fingerprint density at radius 3 is 2.86 bits per heavy atom. The van der Waals surface area contributed by atoms with E-state index in [9.17, 15) is 14.9 Å². The van der Waals surface area contributed by atoms with Crippen LogP contribution in [0.15, 0.2) is 48.4 Å². The third-order valence-corrected chi connectivity index (χ3v) is 4.15. The molecule has 0 bridgehead atoms. The lowest BCUT2D eigenvalue weighted by molar-refractivity contribution is -0.384. The van der Waals surface area contributed by atoms with Crippen molar-refractivity contribution in [3.63, 3.8) is 0 Å². The zero-order chi connectivity index (χ0) is 21.1. The van der Waals surface area contributed by atoms with Crippen molar-refractivity contribution in [2.75, 3.05) is 23.4 Å². The van der Waals surface area contributed by atoms with Crippen molar-refractivity contribution in [3.8, 4) is 0 Å². The summed E-state index contributed by atoms with van der Waals surface area (Å²) in [5.74, 6) is -0.343. The average Bonchev–Trinajstić information content (AvgIpc) is 2.67. The molecule has 1 atom stereocenters. The van der Waals surface area contributed by atoms with Crippen LogP contribution in [0.25, 0.3) is 0 Å². The molecule has 0 amide bonds. The van der Waals surface area contributed by atoms with Gasteiger partial charge in [-0.3, -0.25) is 10.1 Å². The number of rotatable bonds is 5. The molecule has 5 N–H and O–H groups in total. The van der Waals surface area contributed by atoms with Gasteiger partial charge in [0.1, 0.15) is 24.0 Å². The Bertz CT molecular complexity index is 1040. The van der Waals surface area contributed by atoms with Crippen LogP contribution in [-0.2, 0) is 9.47 Å². The molecular formula is C18H18N6O5. The van der Waals surface area contributed by atoms with Crippen LogP contribution in [0.2, 0.25) is 0 Å². The van der Waals surface area contributed by atoms with Gasteiger partial charge in [-0.25, -0.2) is 4.79 Å². The molecule has 1 aromatic carbocycles. The van der Waals surface area contributed by atoms with Crippen molar-refractivity contribution in [2.45, 2.75) is 12.8 Å². The molecule has 0 spiro atoms. The largest absolute Gasteiger partial charge is 0.513 e. The van der Waals surface area contributed by atoms with Gasteiger partial charge in [-0.05, 0) is 12.5 Å². The number of anilines is 3. The summed E-state index contributed by atoms with van der Waals surface area (Å²) in [6, 6.07) is 5.88. The fourth-order valence-corrected chi connectivity index (χ4v) is 2.99. The molecule has 0 radical (unpaired) electrons. The molecule has 1 unspecified atom stereocenters. The minimum atomic E-state index is -0.963. The number of nitro groups is 1. The SMILES string of the molecule is C=CCOC(=O)OC1=C(C)Nc2nc(N)nc(N)c2C1c1cccc([N+](=O)[O-])c1. The highest BCUT2D eigenvalue weighted by Gasteiger charge is 2.35. The first-order valence-corrected chi connectivity index (χ1v) is 8.42. The van der Waals surface area contributed by atoms with Crippen molar-refractivity contribution >= 4 is 29.4 Å². The van der Waals surface area contributed by atoms with Gasteiger partial charge in [0.2, 0.25) is 5.95 Å². The van der Waals surface area contributed by atoms with Crippen LogP contribution in [0.5, 0.6) is 0 Å². The molecule has 1 aliphatic rings. The first-order valence-electron chi connectivity index (χ1n) is 8.42. The topological polar surface area (TPSA) is 169 Å². The number of nitro benzene ring substituents is 1. The third-order valence-electron chi connectivity index (χ3n) is 4.15. The second-order valence-electron chi connectivity index (χ2n) is 6.08. The van der Waals surface area contributed by atoms with E-state index in [-0.39, 0.29) is 29.8 Å².